The van der Waals surface area contributed by atoms with E-state index in [9.17, 15) is 13.2 Å². The summed E-state index contributed by atoms with van der Waals surface area (Å²) in [6, 6.07) is 38.5. The monoisotopic (exact) mass is 615 g/mol. The number of nitrogens with one attached hydrogen (secondary N) is 1. The number of hydrogen-bond acceptors (Lipinski definition) is 4. The number of sulfonamides is 1. The zero-order chi connectivity index (χ0) is 31.7. The predicted molar refractivity (Wildman–Crippen MR) is 182 cm³/mol. The van der Waals surface area contributed by atoms with E-state index < -0.39 is 16.2 Å². The van der Waals surface area contributed by atoms with E-state index in [4.69, 9.17) is 0 Å². The fraction of sp³-hybridized carbons (Fsp3) is 0.184. The Kier molecular flexibility index (Phi) is 8.21. The molecule has 45 heavy (non-hydrogen) atoms. The lowest BCUT2D eigenvalue weighted by Gasteiger charge is -2.46. The van der Waals surface area contributed by atoms with Crippen molar-refractivity contribution in [3.63, 3.8) is 0 Å². The lowest BCUT2D eigenvalue weighted by molar-refractivity contribution is 0.0968. The van der Waals surface area contributed by atoms with Crippen LogP contribution in [0.3, 0.4) is 0 Å². The third kappa shape index (κ3) is 6.22. The molecule has 6 nitrogen and oxygen atoms in total. The van der Waals surface area contributed by atoms with E-state index in [1.807, 2.05) is 68.4 Å². The summed E-state index contributed by atoms with van der Waals surface area (Å²) in [4.78, 5) is 18.6. The Morgan fingerprint density at radius 2 is 1.38 bits per heavy atom. The minimum absolute atomic E-state index is 0.0263. The molecule has 5 aromatic rings. The highest BCUT2D eigenvalue weighted by Crippen LogP contribution is 2.43. The van der Waals surface area contributed by atoms with E-state index in [0.717, 1.165) is 27.9 Å². The number of carbonyl (C=O) groups is 1. The summed E-state index contributed by atoms with van der Waals surface area (Å²) in [5, 5.41) is 0. The Morgan fingerprint density at radius 3 is 2.00 bits per heavy atom. The minimum Gasteiger partial charge on any atom is -0.342 e. The highest BCUT2D eigenvalue weighted by molar-refractivity contribution is 7.92. The molecular formula is C38H37N3O3S. The molecule has 1 N–H and O–H groups in total. The molecule has 0 saturated carbocycles. The van der Waals surface area contributed by atoms with Crippen molar-refractivity contribution < 1.29 is 13.2 Å². The highest BCUT2D eigenvalue weighted by Gasteiger charge is 2.40. The number of benzene rings is 5. The van der Waals surface area contributed by atoms with Crippen LogP contribution in [0.5, 0.6) is 0 Å². The van der Waals surface area contributed by atoms with Crippen molar-refractivity contribution in [1.29, 1.82) is 0 Å². The van der Waals surface area contributed by atoms with Gasteiger partial charge in [0.15, 0.2) is 0 Å². The Labute approximate surface area is 266 Å². The van der Waals surface area contributed by atoms with Crippen LogP contribution in [-0.4, -0.2) is 14.3 Å². The molecule has 0 fully saturated rings. The summed E-state index contributed by atoms with van der Waals surface area (Å²) >= 11 is 0. The third-order valence-corrected chi connectivity index (χ3v) is 9.67. The molecule has 0 aromatic heterocycles. The summed E-state index contributed by atoms with van der Waals surface area (Å²) in [7, 11) is -3.97. The van der Waals surface area contributed by atoms with Crippen LogP contribution < -0.4 is 14.5 Å². The molecule has 1 atom stereocenters. The molecule has 0 radical (unpaired) electrons. The number of aryl methyl sites for hydroxylation is 2. The first-order valence-corrected chi connectivity index (χ1v) is 16.6. The van der Waals surface area contributed by atoms with E-state index in [2.05, 4.69) is 59.9 Å². The number of anilines is 3. The van der Waals surface area contributed by atoms with Crippen LogP contribution in [0.25, 0.3) is 0 Å². The fourth-order valence-corrected chi connectivity index (χ4v) is 6.83. The topological polar surface area (TPSA) is 69.7 Å². The lowest BCUT2D eigenvalue weighted by Crippen LogP contribution is -2.49. The van der Waals surface area contributed by atoms with Crippen molar-refractivity contribution in [2.45, 2.75) is 51.2 Å². The maximum Gasteiger partial charge on any atom is 0.262 e. The van der Waals surface area contributed by atoms with Crippen molar-refractivity contribution in [3.8, 4) is 0 Å². The molecule has 7 heteroatoms. The number of amides is 1. The summed E-state index contributed by atoms with van der Waals surface area (Å²) in [6.07, 6.45) is -0.470. The normalized spacial score (nSPS) is 14.9. The summed E-state index contributed by atoms with van der Waals surface area (Å²) in [6.45, 7) is 8.79. The van der Waals surface area contributed by atoms with Gasteiger partial charge in [-0.15, -0.1) is 0 Å². The van der Waals surface area contributed by atoms with E-state index in [0.29, 0.717) is 29.4 Å². The van der Waals surface area contributed by atoms with Crippen LogP contribution in [0.1, 0.15) is 64.1 Å². The van der Waals surface area contributed by atoms with Crippen LogP contribution in [0.15, 0.2) is 126 Å². The van der Waals surface area contributed by atoms with E-state index in [1.54, 1.807) is 29.2 Å². The van der Waals surface area contributed by atoms with Gasteiger partial charge in [0.25, 0.3) is 15.9 Å². The Morgan fingerprint density at radius 1 is 0.756 bits per heavy atom. The largest absolute Gasteiger partial charge is 0.342 e. The zero-order valence-corrected chi connectivity index (χ0v) is 26.8. The van der Waals surface area contributed by atoms with Crippen molar-refractivity contribution in [2.24, 2.45) is 0 Å². The molecule has 0 spiro atoms. The number of fused-ring (bicyclic) bond motifs is 1. The number of carbonyl (C=O) groups excluding carboxylic acids is 1. The Balaban J connectivity index is 1.52. The van der Waals surface area contributed by atoms with Gasteiger partial charge >= 0.3 is 0 Å². The minimum atomic E-state index is -3.97. The number of hydrogen-bond donors (Lipinski definition) is 1. The Hall–Kier alpha value is -4.88. The van der Waals surface area contributed by atoms with Gasteiger partial charge in [-0.05, 0) is 78.9 Å². The van der Waals surface area contributed by atoms with E-state index >= 15 is 0 Å². The van der Waals surface area contributed by atoms with Gasteiger partial charge in [-0.2, -0.15) is 0 Å². The van der Waals surface area contributed by atoms with Crippen molar-refractivity contribution in [1.82, 2.24) is 0 Å². The Bertz CT molecular complexity index is 1920. The van der Waals surface area contributed by atoms with Gasteiger partial charge in [-0.25, -0.2) is 8.42 Å². The molecule has 6 rings (SSSR count). The van der Waals surface area contributed by atoms with Crippen molar-refractivity contribution in [2.75, 3.05) is 14.5 Å². The van der Waals surface area contributed by atoms with Gasteiger partial charge in [-0.1, -0.05) is 104 Å². The molecule has 0 unspecified atom stereocenters. The van der Waals surface area contributed by atoms with Crippen molar-refractivity contribution >= 4 is 33.0 Å². The molecule has 228 valence electrons. The summed E-state index contributed by atoms with van der Waals surface area (Å²) < 4.78 is 29.8. The predicted octanol–water partition coefficient (Wildman–Crippen LogP) is 8.59. The zero-order valence-electron chi connectivity index (χ0n) is 25.9. The van der Waals surface area contributed by atoms with Gasteiger partial charge in [0.1, 0.15) is 6.17 Å². The van der Waals surface area contributed by atoms with Crippen LogP contribution in [0, 0.1) is 13.8 Å². The maximum absolute atomic E-state index is 14.6. The highest BCUT2D eigenvalue weighted by atomic mass is 32.2. The molecule has 0 bridgehead atoms. The molecule has 1 heterocycles. The smallest absolute Gasteiger partial charge is 0.262 e. The van der Waals surface area contributed by atoms with Gasteiger partial charge in [0, 0.05) is 17.9 Å². The molecular weight excluding hydrogens is 579 g/mol. The molecule has 0 saturated heterocycles. The first kappa shape index (κ1) is 30.2. The molecule has 0 aliphatic carbocycles. The third-order valence-electron chi connectivity index (χ3n) is 8.29. The summed E-state index contributed by atoms with van der Waals surface area (Å²) in [5.41, 5.74) is 7.57. The number of nitrogens with zero attached hydrogens (tertiary/aromatic N) is 2. The second-order valence-electron chi connectivity index (χ2n) is 12.0. The lowest BCUT2D eigenvalue weighted by atomic mass is 9.96. The number of rotatable bonds is 8. The first-order valence-electron chi connectivity index (χ1n) is 15.1. The van der Waals surface area contributed by atoms with Gasteiger partial charge in [0.2, 0.25) is 0 Å². The standard InChI is InChI=1S/C38H37N3O3S/c1-26(2)30-14-16-31(17-15-30)37-40(25-29-8-6-5-7-9-29)36-23-22-34(45(43,44)39-32-18-10-27(3)11-19-32)24-35(36)38(42)41(37)33-20-12-28(4)13-21-33/h5-24,26,37,39H,25H2,1-4H3/t37-/m0/s1. The average Bonchev–Trinajstić information content (AvgIpc) is 3.04. The fourth-order valence-electron chi connectivity index (χ4n) is 5.75. The van der Waals surface area contributed by atoms with Crippen LogP contribution in [0.4, 0.5) is 17.1 Å². The van der Waals surface area contributed by atoms with E-state index in [1.165, 1.54) is 11.6 Å². The van der Waals surface area contributed by atoms with Crippen LogP contribution in [0.2, 0.25) is 0 Å². The second-order valence-corrected chi connectivity index (χ2v) is 13.7. The van der Waals surface area contributed by atoms with Gasteiger partial charge in [-0.3, -0.25) is 14.4 Å². The van der Waals surface area contributed by atoms with E-state index in [-0.39, 0.29) is 10.8 Å². The first-order chi connectivity index (χ1) is 21.6. The van der Waals surface area contributed by atoms with Gasteiger partial charge in [0.05, 0.1) is 16.1 Å². The quantitative estimate of drug-likeness (QED) is 0.190. The van der Waals surface area contributed by atoms with Crippen molar-refractivity contribution in [3.05, 3.63) is 155 Å². The molecule has 5 aromatic carbocycles. The molecule has 1 aliphatic rings. The van der Waals surface area contributed by atoms with Crippen LogP contribution >= 0.6 is 0 Å². The maximum atomic E-state index is 14.6. The average molecular weight is 616 g/mol. The molecule has 1 amide bonds. The van der Waals surface area contributed by atoms with Gasteiger partial charge < -0.3 is 4.90 Å². The second kappa shape index (κ2) is 12.3. The SMILES string of the molecule is Cc1ccc(NS(=O)(=O)c2ccc3c(c2)C(=O)N(c2ccc(C)cc2)[C@@H](c2ccc(C(C)C)cc2)N3Cc2ccccc2)cc1. The molecule has 1 aliphatic heterocycles. The van der Waals surface area contributed by atoms with Crippen LogP contribution in [-0.2, 0) is 16.6 Å². The summed E-state index contributed by atoms with van der Waals surface area (Å²) in [5.74, 6) is 0.110.